The van der Waals surface area contributed by atoms with Gasteiger partial charge in [-0.2, -0.15) is 0 Å². The molecule has 1 aliphatic carbocycles. The van der Waals surface area contributed by atoms with E-state index in [2.05, 4.69) is 5.32 Å². The predicted molar refractivity (Wildman–Crippen MR) is 101 cm³/mol. The summed E-state index contributed by atoms with van der Waals surface area (Å²) in [5.74, 6) is -1.98. The monoisotopic (exact) mass is 394 g/mol. The summed E-state index contributed by atoms with van der Waals surface area (Å²) < 4.78 is 16.7. The molecule has 1 saturated carbocycles. The zero-order valence-corrected chi connectivity index (χ0v) is 15.3. The molecule has 0 bridgehead atoms. The summed E-state index contributed by atoms with van der Waals surface area (Å²) in [6, 6.07) is 1.17. The molecular formula is C18H20ClFN4O3. The summed E-state index contributed by atoms with van der Waals surface area (Å²) in [6.07, 6.45) is 3.50. The average molecular weight is 395 g/mol. The van der Waals surface area contributed by atoms with Crippen molar-refractivity contribution in [1.29, 1.82) is 0 Å². The predicted octanol–water partition coefficient (Wildman–Crippen LogP) is 1.91. The van der Waals surface area contributed by atoms with Gasteiger partial charge in [-0.1, -0.05) is 11.6 Å². The fourth-order valence-corrected chi connectivity index (χ4v) is 4.08. The zero-order valence-electron chi connectivity index (χ0n) is 14.5. The van der Waals surface area contributed by atoms with Crippen LogP contribution in [0, 0.1) is 5.82 Å². The van der Waals surface area contributed by atoms with Gasteiger partial charge >= 0.3 is 5.97 Å². The van der Waals surface area contributed by atoms with Gasteiger partial charge in [0.2, 0.25) is 5.43 Å². The molecule has 2 aromatic rings. The highest BCUT2D eigenvalue weighted by Gasteiger charge is 2.30. The van der Waals surface area contributed by atoms with Crippen LogP contribution < -0.4 is 21.4 Å². The lowest BCUT2D eigenvalue weighted by molar-refractivity contribution is 0.0695. The number of pyridine rings is 1. The first kappa shape index (κ1) is 18.2. The normalized spacial score (nSPS) is 20.7. The lowest BCUT2D eigenvalue weighted by Crippen LogP contribution is -2.44. The van der Waals surface area contributed by atoms with Crippen LogP contribution in [0.4, 0.5) is 10.1 Å². The summed E-state index contributed by atoms with van der Waals surface area (Å²) in [5.41, 5.74) is 5.49. The molecule has 4 N–H and O–H groups in total. The molecule has 0 radical (unpaired) electrons. The third kappa shape index (κ3) is 3.18. The smallest absolute Gasteiger partial charge is 0.341 e. The molecule has 0 unspecified atom stereocenters. The number of nitrogens with zero attached hydrogens (tertiary/aromatic N) is 2. The molecule has 2 aliphatic rings. The van der Waals surface area contributed by atoms with Crippen molar-refractivity contribution in [2.45, 2.75) is 31.5 Å². The van der Waals surface area contributed by atoms with E-state index in [-0.39, 0.29) is 33.9 Å². The first-order chi connectivity index (χ1) is 12.9. The molecule has 1 saturated heterocycles. The highest BCUT2D eigenvalue weighted by Crippen LogP contribution is 2.42. The van der Waals surface area contributed by atoms with E-state index in [9.17, 15) is 14.7 Å². The second-order valence-electron chi connectivity index (χ2n) is 7.09. The summed E-state index contributed by atoms with van der Waals surface area (Å²) >= 11 is 6.61. The zero-order chi connectivity index (χ0) is 19.3. The molecular weight excluding hydrogens is 375 g/mol. The number of benzene rings is 1. The molecule has 0 amide bonds. The first-order valence-corrected chi connectivity index (χ1v) is 9.30. The number of halogens is 2. The number of hydrogen-bond acceptors (Lipinski definition) is 5. The molecule has 0 spiro atoms. The van der Waals surface area contributed by atoms with E-state index in [1.807, 2.05) is 0 Å². The van der Waals surface area contributed by atoms with Crippen molar-refractivity contribution in [1.82, 2.24) is 9.88 Å². The van der Waals surface area contributed by atoms with Gasteiger partial charge in [-0.25, -0.2) is 9.18 Å². The van der Waals surface area contributed by atoms with Crippen LogP contribution in [-0.2, 0) is 0 Å². The maximum atomic E-state index is 15.0. The summed E-state index contributed by atoms with van der Waals surface area (Å²) in [6.45, 7) is 1.67. The second kappa shape index (κ2) is 6.78. The van der Waals surface area contributed by atoms with Crippen LogP contribution >= 0.6 is 11.6 Å². The molecule has 144 valence electrons. The Kier molecular flexibility index (Phi) is 4.57. The number of aromatic carboxylic acids is 1. The minimum atomic E-state index is -1.33. The third-order valence-corrected chi connectivity index (χ3v) is 5.46. The fraction of sp³-hybridized carbons (Fsp3) is 0.444. The standard InChI is InChI=1S/C18H20ClFN4O3/c19-14-15-10(17(25)11(18(26)27)7-24(15)9-2-3-9)6-12(20)16(14)23-5-1-4-22-13(21)8-23/h6-7,9,13,22H,1-5,8,21H2,(H,26,27)/t13-/m1/s1. The van der Waals surface area contributed by atoms with E-state index in [4.69, 9.17) is 17.3 Å². The van der Waals surface area contributed by atoms with E-state index < -0.39 is 17.2 Å². The molecule has 9 heteroatoms. The fourth-order valence-electron chi connectivity index (χ4n) is 3.67. The number of fused-ring (bicyclic) bond motifs is 1. The van der Waals surface area contributed by atoms with E-state index in [1.54, 1.807) is 9.47 Å². The maximum Gasteiger partial charge on any atom is 0.341 e. The van der Waals surface area contributed by atoms with Crippen LogP contribution in [0.15, 0.2) is 17.1 Å². The van der Waals surface area contributed by atoms with Crippen LogP contribution in [0.3, 0.4) is 0 Å². The van der Waals surface area contributed by atoms with Gasteiger partial charge in [0.1, 0.15) is 11.4 Å². The molecule has 2 heterocycles. The van der Waals surface area contributed by atoms with Crippen molar-refractivity contribution in [3.63, 3.8) is 0 Å². The van der Waals surface area contributed by atoms with E-state index >= 15 is 4.39 Å². The second-order valence-corrected chi connectivity index (χ2v) is 7.47. The van der Waals surface area contributed by atoms with Gasteiger partial charge in [0.15, 0.2) is 0 Å². The SMILES string of the molecule is N[C@H]1CN(c2c(F)cc3c(=O)c(C(=O)O)cn(C4CC4)c3c2Cl)CCCN1. The number of hydrogen-bond donors (Lipinski definition) is 3. The van der Waals surface area contributed by atoms with Crippen molar-refractivity contribution in [3.05, 3.63) is 38.9 Å². The number of carboxylic acids is 1. The Morgan fingerprint density at radius 2 is 2.15 bits per heavy atom. The van der Waals surface area contributed by atoms with Crippen molar-refractivity contribution < 1.29 is 14.3 Å². The van der Waals surface area contributed by atoms with Gasteiger partial charge < -0.3 is 25.6 Å². The Hall–Kier alpha value is -2.16. The average Bonchev–Trinajstić information content (AvgIpc) is 3.44. The molecule has 4 rings (SSSR count). The number of rotatable bonds is 3. The van der Waals surface area contributed by atoms with Crippen LogP contribution in [0.5, 0.6) is 0 Å². The molecule has 2 fully saturated rings. The molecule has 7 nitrogen and oxygen atoms in total. The lowest BCUT2D eigenvalue weighted by atomic mass is 10.1. The topological polar surface area (TPSA) is 101 Å². The maximum absolute atomic E-state index is 15.0. The van der Waals surface area contributed by atoms with Gasteiger partial charge in [0.05, 0.1) is 27.8 Å². The molecule has 1 aliphatic heterocycles. The Bertz CT molecular complexity index is 989. The molecule has 1 aromatic carbocycles. The molecule has 1 atom stereocenters. The Balaban J connectivity index is 1.98. The van der Waals surface area contributed by atoms with Crippen LogP contribution in [0.25, 0.3) is 10.9 Å². The van der Waals surface area contributed by atoms with E-state index in [0.717, 1.165) is 31.9 Å². The number of carboxylic acid groups (broad SMARTS) is 1. The summed E-state index contributed by atoms with van der Waals surface area (Å²) in [7, 11) is 0. The van der Waals surface area contributed by atoms with Crippen LogP contribution in [0.2, 0.25) is 5.02 Å². The Morgan fingerprint density at radius 3 is 2.81 bits per heavy atom. The minimum absolute atomic E-state index is 0.00899. The van der Waals surface area contributed by atoms with Crippen LogP contribution in [0.1, 0.15) is 35.7 Å². The van der Waals surface area contributed by atoms with Gasteiger partial charge in [0.25, 0.3) is 0 Å². The number of carbonyl (C=O) groups is 1. The van der Waals surface area contributed by atoms with Crippen LogP contribution in [-0.4, -0.2) is 41.4 Å². The van der Waals surface area contributed by atoms with Gasteiger partial charge in [-0.3, -0.25) is 4.79 Å². The summed E-state index contributed by atoms with van der Waals surface area (Å²) in [4.78, 5) is 25.8. The van der Waals surface area contributed by atoms with Crippen molar-refractivity contribution in [3.8, 4) is 0 Å². The quantitative estimate of drug-likeness (QED) is 0.735. The van der Waals surface area contributed by atoms with E-state index in [0.29, 0.717) is 18.6 Å². The van der Waals surface area contributed by atoms with Gasteiger partial charge in [-0.15, -0.1) is 0 Å². The molecule has 27 heavy (non-hydrogen) atoms. The van der Waals surface area contributed by atoms with Crippen molar-refractivity contribution >= 4 is 34.2 Å². The summed E-state index contributed by atoms with van der Waals surface area (Å²) in [5, 5.41) is 12.6. The number of anilines is 1. The molecule has 1 aromatic heterocycles. The van der Waals surface area contributed by atoms with Gasteiger partial charge in [0, 0.05) is 25.3 Å². The van der Waals surface area contributed by atoms with E-state index in [1.165, 1.54) is 6.20 Å². The van der Waals surface area contributed by atoms with Gasteiger partial charge in [-0.05, 0) is 31.9 Å². The first-order valence-electron chi connectivity index (χ1n) is 8.92. The number of nitrogens with two attached hydrogens (primary N) is 1. The lowest BCUT2D eigenvalue weighted by Gasteiger charge is -2.27. The minimum Gasteiger partial charge on any atom is -0.477 e. The largest absolute Gasteiger partial charge is 0.477 e. The third-order valence-electron chi connectivity index (χ3n) is 5.10. The number of aromatic nitrogens is 1. The Labute approximate surface area is 159 Å². The Morgan fingerprint density at radius 1 is 1.41 bits per heavy atom. The van der Waals surface area contributed by atoms with Crippen molar-refractivity contribution in [2.75, 3.05) is 24.5 Å². The highest BCUT2D eigenvalue weighted by molar-refractivity contribution is 6.38. The van der Waals surface area contributed by atoms with Crippen molar-refractivity contribution in [2.24, 2.45) is 5.73 Å². The highest BCUT2D eigenvalue weighted by atomic mass is 35.5. The number of nitrogens with one attached hydrogen (secondary N) is 1.